The van der Waals surface area contributed by atoms with Crippen LogP contribution in [-0.4, -0.2) is 71.1 Å². The number of rotatable bonds is 15. The Morgan fingerprint density at radius 1 is 0.630 bits per heavy atom. The fourth-order valence-corrected chi connectivity index (χ4v) is 4.40. The zero-order chi connectivity index (χ0) is 35.2. The standard InChI is InChI=1S/C32H53N5O9/c1-29(2,3)44-26(39)33-20-10-17-32(18-11-21-34-27(40)45-30(4,5)6,19-12-22-35-28(41)46-31(7,8)9)36-25(38)23-13-15-24(16-14-23)37(42)43/h13-16H,10-12,17-22H2,1-9H3,(H,33,39)(H,34,40)(H,35,41)(H,36,38). The average Bonchev–Trinajstić information content (AvgIpc) is 2.88. The topological polar surface area (TPSA) is 187 Å². The summed E-state index contributed by atoms with van der Waals surface area (Å²) in [5.74, 6) is -0.435. The Morgan fingerprint density at radius 2 is 0.957 bits per heavy atom. The van der Waals surface area contributed by atoms with Crippen LogP contribution in [-0.2, 0) is 14.2 Å². The van der Waals surface area contributed by atoms with Gasteiger partial charge in [0.05, 0.1) is 4.92 Å². The first-order valence-electron chi connectivity index (χ1n) is 15.6. The van der Waals surface area contributed by atoms with Gasteiger partial charge in [-0.05, 0) is 113 Å². The highest BCUT2D eigenvalue weighted by molar-refractivity contribution is 5.94. The summed E-state index contributed by atoms with van der Waals surface area (Å²) in [6.45, 7) is 16.7. The fraction of sp³-hybridized carbons (Fsp3) is 0.688. The molecule has 1 rings (SSSR count). The lowest BCUT2D eigenvalue weighted by molar-refractivity contribution is -0.384. The number of ether oxygens (including phenoxy) is 3. The Balaban J connectivity index is 3.15. The van der Waals surface area contributed by atoms with Gasteiger partial charge in [-0.3, -0.25) is 14.9 Å². The zero-order valence-electron chi connectivity index (χ0n) is 28.8. The van der Waals surface area contributed by atoms with Gasteiger partial charge in [0.1, 0.15) is 16.8 Å². The molecule has 0 atom stereocenters. The highest BCUT2D eigenvalue weighted by atomic mass is 16.6. The van der Waals surface area contributed by atoms with Crippen molar-refractivity contribution >= 4 is 29.9 Å². The van der Waals surface area contributed by atoms with Crippen molar-refractivity contribution in [1.82, 2.24) is 21.3 Å². The molecule has 0 aliphatic carbocycles. The Kier molecular flexibility index (Phi) is 15.2. The van der Waals surface area contributed by atoms with Gasteiger partial charge in [-0.2, -0.15) is 0 Å². The number of nitro benzene ring substituents is 1. The van der Waals surface area contributed by atoms with Gasteiger partial charge >= 0.3 is 18.3 Å². The molecule has 14 heteroatoms. The number of carbonyl (C=O) groups excluding carboxylic acids is 4. The predicted octanol–water partition coefficient (Wildman–Crippen LogP) is 5.98. The van der Waals surface area contributed by atoms with E-state index in [4.69, 9.17) is 14.2 Å². The molecule has 0 aliphatic heterocycles. The maximum atomic E-state index is 13.5. The summed E-state index contributed by atoms with van der Waals surface area (Å²) < 4.78 is 16.0. The number of alkyl carbamates (subject to hydrolysis) is 3. The highest BCUT2D eigenvalue weighted by Gasteiger charge is 2.32. The van der Waals surface area contributed by atoms with Gasteiger partial charge in [0.15, 0.2) is 0 Å². The van der Waals surface area contributed by atoms with E-state index in [0.717, 1.165) is 0 Å². The monoisotopic (exact) mass is 651 g/mol. The largest absolute Gasteiger partial charge is 0.444 e. The normalized spacial score (nSPS) is 12.0. The van der Waals surface area contributed by atoms with Crippen LogP contribution in [0.4, 0.5) is 20.1 Å². The number of nitrogens with zero attached hydrogens (tertiary/aromatic N) is 1. The molecule has 1 aromatic carbocycles. The van der Waals surface area contributed by atoms with Gasteiger partial charge in [0, 0.05) is 42.9 Å². The molecule has 0 fully saturated rings. The number of nitro groups is 1. The number of carbonyl (C=O) groups is 4. The van der Waals surface area contributed by atoms with E-state index in [1.165, 1.54) is 24.3 Å². The molecule has 0 unspecified atom stereocenters. The maximum Gasteiger partial charge on any atom is 0.407 e. The highest BCUT2D eigenvalue weighted by Crippen LogP contribution is 2.27. The van der Waals surface area contributed by atoms with Gasteiger partial charge in [0.2, 0.25) is 0 Å². The van der Waals surface area contributed by atoms with E-state index in [0.29, 0.717) is 38.5 Å². The lowest BCUT2D eigenvalue weighted by Crippen LogP contribution is -2.50. The fourth-order valence-electron chi connectivity index (χ4n) is 4.40. The van der Waals surface area contributed by atoms with E-state index < -0.39 is 51.5 Å². The van der Waals surface area contributed by atoms with Crippen LogP contribution in [0, 0.1) is 10.1 Å². The van der Waals surface area contributed by atoms with Crippen molar-refractivity contribution in [1.29, 1.82) is 0 Å². The minimum atomic E-state index is -0.834. The lowest BCUT2D eigenvalue weighted by Gasteiger charge is -2.36. The molecule has 0 aromatic heterocycles. The molecule has 0 spiro atoms. The number of benzene rings is 1. The molecule has 14 nitrogen and oxygen atoms in total. The molecule has 46 heavy (non-hydrogen) atoms. The summed E-state index contributed by atoms with van der Waals surface area (Å²) in [7, 11) is 0. The molecule has 0 saturated carbocycles. The van der Waals surface area contributed by atoms with Crippen molar-refractivity contribution in [3.8, 4) is 0 Å². The lowest BCUT2D eigenvalue weighted by atomic mass is 9.83. The minimum Gasteiger partial charge on any atom is -0.444 e. The van der Waals surface area contributed by atoms with Crippen LogP contribution in [0.25, 0.3) is 0 Å². The van der Waals surface area contributed by atoms with Crippen LogP contribution in [0.3, 0.4) is 0 Å². The molecule has 0 aliphatic rings. The third-order valence-electron chi connectivity index (χ3n) is 6.22. The Morgan fingerprint density at radius 3 is 1.24 bits per heavy atom. The Hall–Kier alpha value is -4.10. The molecule has 4 amide bonds. The van der Waals surface area contributed by atoms with Crippen LogP contribution >= 0.6 is 0 Å². The predicted molar refractivity (Wildman–Crippen MR) is 174 cm³/mol. The first kappa shape index (κ1) is 39.9. The average molecular weight is 652 g/mol. The van der Waals surface area contributed by atoms with Crippen LogP contribution in [0.2, 0.25) is 0 Å². The van der Waals surface area contributed by atoms with Crippen LogP contribution < -0.4 is 21.3 Å². The first-order chi connectivity index (χ1) is 21.1. The van der Waals surface area contributed by atoms with Crippen LogP contribution in [0.15, 0.2) is 24.3 Å². The second-order valence-electron chi connectivity index (χ2n) is 14.1. The van der Waals surface area contributed by atoms with Crippen molar-refractivity contribution in [3.63, 3.8) is 0 Å². The number of non-ortho nitro benzene ring substituents is 1. The van der Waals surface area contributed by atoms with Crippen molar-refractivity contribution < 1.29 is 38.3 Å². The second kappa shape index (κ2) is 17.6. The summed E-state index contributed by atoms with van der Waals surface area (Å²) in [5.41, 5.74) is -2.71. The summed E-state index contributed by atoms with van der Waals surface area (Å²) in [6, 6.07) is 5.29. The molecule has 260 valence electrons. The van der Waals surface area contributed by atoms with Gasteiger partial charge in [-0.1, -0.05) is 0 Å². The van der Waals surface area contributed by atoms with E-state index in [2.05, 4.69) is 21.3 Å². The Labute approximate surface area is 272 Å². The molecule has 0 saturated heterocycles. The molecular formula is C32H53N5O9. The zero-order valence-corrected chi connectivity index (χ0v) is 28.8. The number of nitrogens with one attached hydrogen (secondary N) is 4. The first-order valence-corrected chi connectivity index (χ1v) is 15.6. The van der Waals surface area contributed by atoms with Crippen molar-refractivity contribution in [2.24, 2.45) is 0 Å². The van der Waals surface area contributed by atoms with Crippen molar-refractivity contribution in [3.05, 3.63) is 39.9 Å². The molecule has 0 bridgehead atoms. The summed E-state index contributed by atoms with van der Waals surface area (Å²) in [5, 5.41) is 22.5. The quantitative estimate of drug-likeness (QED) is 0.0766. The van der Waals surface area contributed by atoms with E-state index in [1.807, 2.05) is 0 Å². The van der Waals surface area contributed by atoms with Crippen molar-refractivity contribution in [2.45, 2.75) is 123 Å². The second-order valence-corrected chi connectivity index (χ2v) is 14.1. The molecular weight excluding hydrogens is 598 g/mol. The van der Waals surface area contributed by atoms with Gasteiger partial charge in [0.25, 0.3) is 11.6 Å². The summed E-state index contributed by atoms with van der Waals surface area (Å²) in [6.07, 6.45) is 1.03. The van der Waals surface area contributed by atoms with Crippen LogP contribution in [0.5, 0.6) is 0 Å². The number of amides is 4. The Bertz CT molecular complexity index is 1080. The minimum absolute atomic E-state index is 0.141. The van der Waals surface area contributed by atoms with E-state index in [-0.39, 0.29) is 30.9 Å². The SMILES string of the molecule is CC(C)(C)OC(=O)NCCCC(CCCNC(=O)OC(C)(C)C)(CCCNC(=O)OC(C)(C)C)NC(=O)c1ccc([N+](=O)[O-])cc1. The number of hydrogen-bond acceptors (Lipinski definition) is 9. The van der Waals surface area contributed by atoms with Crippen LogP contribution in [0.1, 0.15) is 111 Å². The van der Waals surface area contributed by atoms with E-state index in [9.17, 15) is 29.3 Å². The third kappa shape index (κ3) is 18.0. The summed E-state index contributed by atoms with van der Waals surface area (Å²) >= 11 is 0. The molecule has 4 N–H and O–H groups in total. The van der Waals surface area contributed by atoms with Crippen molar-refractivity contribution in [2.75, 3.05) is 19.6 Å². The maximum absolute atomic E-state index is 13.5. The van der Waals surface area contributed by atoms with E-state index >= 15 is 0 Å². The number of hydrogen-bond donors (Lipinski definition) is 4. The summed E-state index contributed by atoms with van der Waals surface area (Å²) in [4.78, 5) is 60.7. The molecule has 0 radical (unpaired) electrons. The van der Waals surface area contributed by atoms with Gasteiger partial charge < -0.3 is 35.5 Å². The van der Waals surface area contributed by atoms with Gasteiger partial charge in [-0.15, -0.1) is 0 Å². The molecule has 1 aromatic rings. The smallest absolute Gasteiger partial charge is 0.407 e. The molecule has 0 heterocycles. The third-order valence-corrected chi connectivity index (χ3v) is 6.22. The van der Waals surface area contributed by atoms with E-state index in [1.54, 1.807) is 62.3 Å². The van der Waals surface area contributed by atoms with Gasteiger partial charge in [-0.25, -0.2) is 14.4 Å².